The highest BCUT2D eigenvalue weighted by Gasteiger charge is 2.36. The van der Waals surface area contributed by atoms with Gasteiger partial charge in [-0.3, -0.25) is 4.79 Å². The second kappa shape index (κ2) is 6.11. The third kappa shape index (κ3) is 4.58. The lowest BCUT2D eigenvalue weighted by Crippen LogP contribution is -2.42. The Hall–Kier alpha value is -1.20. The van der Waals surface area contributed by atoms with E-state index in [1.165, 1.54) is 14.0 Å². The molecule has 0 aromatic heterocycles. The highest BCUT2D eigenvalue weighted by molar-refractivity contribution is 5.83. The first-order valence-electron chi connectivity index (χ1n) is 6.07. The van der Waals surface area contributed by atoms with E-state index in [-0.39, 0.29) is 24.7 Å². The SMILES string of the molecule is COC(=O)[C@H](CC1CCC(F)(F)CC1)NC(C)=O. The number of esters is 1. The van der Waals surface area contributed by atoms with E-state index in [0.717, 1.165) is 0 Å². The molecule has 1 rings (SSSR count). The van der Waals surface area contributed by atoms with E-state index in [4.69, 9.17) is 0 Å². The van der Waals surface area contributed by atoms with Gasteiger partial charge in [-0.2, -0.15) is 0 Å². The minimum atomic E-state index is -2.58. The van der Waals surface area contributed by atoms with Crippen LogP contribution in [0.25, 0.3) is 0 Å². The van der Waals surface area contributed by atoms with Crippen LogP contribution in [0.2, 0.25) is 0 Å². The lowest BCUT2D eigenvalue weighted by molar-refractivity contribution is -0.145. The Bertz CT molecular complexity index is 310. The van der Waals surface area contributed by atoms with Gasteiger partial charge in [0.25, 0.3) is 0 Å². The van der Waals surface area contributed by atoms with E-state index < -0.39 is 17.9 Å². The molecule has 0 bridgehead atoms. The molecule has 0 aliphatic heterocycles. The predicted molar refractivity (Wildman–Crippen MR) is 61.1 cm³/mol. The van der Waals surface area contributed by atoms with Crippen molar-refractivity contribution in [3.8, 4) is 0 Å². The summed E-state index contributed by atoms with van der Waals surface area (Å²) in [5, 5.41) is 2.50. The average molecular weight is 263 g/mol. The second-order valence-corrected chi connectivity index (χ2v) is 4.81. The van der Waals surface area contributed by atoms with Crippen molar-refractivity contribution >= 4 is 11.9 Å². The smallest absolute Gasteiger partial charge is 0.328 e. The van der Waals surface area contributed by atoms with Gasteiger partial charge in [-0.05, 0) is 25.2 Å². The molecule has 0 saturated heterocycles. The number of halogens is 2. The summed E-state index contributed by atoms with van der Waals surface area (Å²) in [6, 6.07) is -0.732. The Morgan fingerprint density at radius 2 is 1.94 bits per heavy atom. The van der Waals surface area contributed by atoms with E-state index in [2.05, 4.69) is 10.1 Å². The summed E-state index contributed by atoms with van der Waals surface area (Å²) in [6.45, 7) is 1.31. The normalized spacial score (nSPS) is 21.1. The lowest BCUT2D eigenvalue weighted by Gasteiger charge is -2.30. The molecule has 6 heteroatoms. The van der Waals surface area contributed by atoms with Gasteiger partial charge in [-0.1, -0.05) is 0 Å². The number of carbonyl (C=O) groups excluding carboxylic acids is 2. The van der Waals surface area contributed by atoms with Crippen molar-refractivity contribution in [2.75, 3.05) is 7.11 Å². The standard InChI is InChI=1S/C12H19F2NO3/c1-8(16)15-10(11(17)18-2)7-9-3-5-12(13,14)6-4-9/h9-10H,3-7H2,1-2H3,(H,15,16)/t10-/m0/s1. The number of nitrogens with one attached hydrogen (secondary N) is 1. The van der Waals surface area contributed by atoms with Gasteiger partial charge in [-0.15, -0.1) is 0 Å². The van der Waals surface area contributed by atoms with Gasteiger partial charge >= 0.3 is 5.97 Å². The summed E-state index contributed by atoms with van der Waals surface area (Å²) in [5.74, 6) is -3.40. The highest BCUT2D eigenvalue weighted by Crippen LogP contribution is 2.37. The van der Waals surface area contributed by atoms with Gasteiger partial charge in [0.1, 0.15) is 6.04 Å². The number of rotatable bonds is 4. The molecular weight excluding hydrogens is 244 g/mol. The Labute approximate surface area is 105 Å². The summed E-state index contributed by atoms with van der Waals surface area (Å²) in [4.78, 5) is 22.4. The fraction of sp³-hybridized carbons (Fsp3) is 0.833. The number of amides is 1. The fourth-order valence-electron chi connectivity index (χ4n) is 2.27. The van der Waals surface area contributed by atoms with Crippen LogP contribution in [0.3, 0.4) is 0 Å². The molecule has 1 N–H and O–H groups in total. The summed E-state index contributed by atoms with van der Waals surface area (Å²) < 4.78 is 30.6. The zero-order chi connectivity index (χ0) is 13.8. The number of alkyl halides is 2. The van der Waals surface area contributed by atoms with Crippen LogP contribution in [0, 0.1) is 5.92 Å². The Morgan fingerprint density at radius 1 is 1.39 bits per heavy atom. The summed E-state index contributed by atoms with van der Waals surface area (Å²) in [5.41, 5.74) is 0. The van der Waals surface area contributed by atoms with Crippen LogP contribution >= 0.6 is 0 Å². The largest absolute Gasteiger partial charge is 0.467 e. The molecule has 0 spiro atoms. The molecule has 0 radical (unpaired) electrons. The quantitative estimate of drug-likeness (QED) is 0.788. The number of hydrogen-bond acceptors (Lipinski definition) is 3. The molecule has 18 heavy (non-hydrogen) atoms. The summed E-state index contributed by atoms with van der Waals surface area (Å²) in [6.07, 6.45) is 0.819. The second-order valence-electron chi connectivity index (χ2n) is 4.81. The van der Waals surface area contributed by atoms with Crippen LogP contribution in [0.4, 0.5) is 8.78 Å². The van der Waals surface area contributed by atoms with Gasteiger partial charge in [0.05, 0.1) is 7.11 Å². The van der Waals surface area contributed by atoms with E-state index in [1.807, 2.05) is 0 Å². The van der Waals surface area contributed by atoms with Gasteiger partial charge in [-0.25, -0.2) is 13.6 Å². The number of ether oxygens (including phenoxy) is 1. The van der Waals surface area contributed by atoms with Crippen LogP contribution in [0.1, 0.15) is 39.0 Å². The number of methoxy groups -OCH3 is 1. The monoisotopic (exact) mass is 263 g/mol. The molecule has 1 aliphatic rings. The number of carbonyl (C=O) groups is 2. The van der Waals surface area contributed by atoms with E-state index in [0.29, 0.717) is 19.3 Å². The molecule has 0 heterocycles. The molecule has 0 unspecified atom stereocenters. The summed E-state index contributed by atoms with van der Waals surface area (Å²) >= 11 is 0. The zero-order valence-electron chi connectivity index (χ0n) is 10.7. The predicted octanol–water partition coefficient (Wildman–Crippen LogP) is 1.88. The average Bonchev–Trinajstić information content (AvgIpc) is 2.29. The first-order valence-corrected chi connectivity index (χ1v) is 6.07. The maximum absolute atomic E-state index is 13.0. The zero-order valence-corrected chi connectivity index (χ0v) is 10.7. The van der Waals surface area contributed by atoms with Gasteiger partial charge < -0.3 is 10.1 Å². The Balaban J connectivity index is 2.51. The van der Waals surface area contributed by atoms with Gasteiger partial charge in [0, 0.05) is 19.8 Å². The molecule has 0 aromatic carbocycles. The topological polar surface area (TPSA) is 55.4 Å². The molecule has 0 aromatic rings. The first-order chi connectivity index (χ1) is 8.34. The lowest BCUT2D eigenvalue weighted by atomic mass is 9.83. The van der Waals surface area contributed by atoms with Crippen LogP contribution in [-0.4, -0.2) is 31.0 Å². The van der Waals surface area contributed by atoms with Crippen molar-refractivity contribution in [3.63, 3.8) is 0 Å². The van der Waals surface area contributed by atoms with E-state index in [9.17, 15) is 18.4 Å². The van der Waals surface area contributed by atoms with Gasteiger partial charge in [0.15, 0.2) is 0 Å². The van der Waals surface area contributed by atoms with Crippen molar-refractivity contribution in [2.24, 2.45) is 5.92 Å². The minimum Gasteiger partial charge on any atom is -0.467 e. The van der Waals surface area contributed by atoms with Crippen molar-refractivity contribution in [2.45, 2.75) is 51.0 Å². The van der Waals surface area contributed by atoms with Crippen LogP contribution in [0.15, 0.2) is 0 Å². The molecule has 104 valence electrons. The minimum absolute atomic E-state index is 0.0283. The van der Waals surface area contributed by atoms with Crippen molar-refractivity contribution in [1.82, 2.24) is 5.32 Å². The molecule has 1 saturated carbocycles. The van der Waals surface area contributed by atoms with Crippen molar-refractivity contribution in [3.05, 3.63) is 0 Å². The molecule has 4 nitrogen and oxygen atoms in total. The van der Waals surface area contributed by atoms with Crippen LogP contribution in [0.5, 0.6) is 0 Å². The van der Waals surface area contributed by atoms with Gasteiger partial charge in [0.2, 0.25) is 11.8 Å². The molecule has 1 aliphatic carbocycles. The molecule has 1 amide bonds. The summed E-state index contributed by atoms with van der Waals surface area (Å²) in [7, 11) is 1.24. The van der Waals surface area contributed by atoms with Crippen LogP contribution < -0.4 is 5.32 Å². The highest BCUT2D eigenvalue weighted by atomic mass is 19.3. The maximum Gasteiger partial charge on any atom is 0.328 e. The van der Waals surface area contributed by atoms with Crippen molar-refractivity contribution in [1.29, 1.82) is 0 Å². The molecule has 1 fully saturated rings. The van der Waals surface area contributed by atoms with E-state index >= 15 is 0 Å². The molecular formula is C12H19F2NO3. The third-order valence-corrected chi connectivity index (χ3v) is 3.27. The third-order valence-electron chi connectivity index (χ3n) is 3.27. The molecule has 1 atom stereocenters. The Kier molecular flexibility index (Phi) is 5.04. The number of hydrogen-bond donors (Lipinski definition) is 1. The first kappa shape index (κ1) is 14.9. The maximum atomic E-state index is 13.0. The van der Waals surface area contributed by atoms with E-state index in [1.54, 1.807) is 0 Å². The Morgan fingerprint density at radius 3 is 2.39 bits per heavy atom. The van der Waals surface area contributed by atoms with Crippen LogP contribution in [-0.2, 0) is 14.3 Å². The fourth-order valence-corrected chi connectivity index (χ4v) is 2.27. The van der Waals surface area contributed by atoms with Crippen molar-refractivity contribution < 1.29 is 23.1 Å².